The van der Waals surface area contributed by atoms with Gasteiger partial charge in [-0.25, -0.2) is 13.9 Å². The highest BCUT2D eigenvalue weighted by Crippen LogP contribution is 2.34. The number of hydrogen-bond donors (Lipinski definition) is 1. The monoisotopic (exact) mass is 492 g/mol. The molecule has 0 saturated carbocycles. The zero-order valence-electron chi connectivity index (χ0n) is 21.5. The number of carbonyl (C=O) groups is 2. The second-order valence-electron chi connectivity index (χ2n) is 10.3. The number of nitrogens with zero attached hydrogens (tertiary/aromatic N) is 3. The molecule has 4 rings (SSSR count). The van der Waals surface area contributed by atoms with Crippen LogP contribution in [0.3, 0.4) is 0 Å². The van der Waals surface area contributed by atoms with Crippen molar-refractivity contribution in [3.63, 3.8) is 0 Å². The third-order valence-corrected chi connectivity index (χ3v) is 6.34. The molecule has 0 spiro atoms. The smallest absolute Gasteiger partial charge is 0.410 e. The molecule has 0 unspecified atom stereocenters. The summed E-state index contributed by atoms with van der Waals surface area (Å²) < 4.78 is 20.8. The maximum atomic E-state index is 13.4. The van der Waals surface area contributed by atoms with Crippen molar-refractivity contribution in [2.75, 3.05) is 18.4 Å². The van der Waals surface area contributed by atoms with E-state index in [1.807, 2.05) is 57.5 Å². The van der Waals surface area contributed by atoms with Gasteiger partial charge in [-0.2, -0.15) is 5.10 Å². The van der Waals surface area contributed by atoms with Crippen LogP contribution in [0.2, 0.25) is 0 Å². The van der Waals surface area contributed by atoms with Crippen molar-refractivity contribution in [1.82, 2.24) is 14.7 Å². The number of ether oxygens (including phenoxy) is 1. The Kier molecular flexibility index (Phi) is 7.15. The summed E-state index contributed by atoms with van der Waals surface area (Å²) in [5.74, 6) is -0.656. The molecular formula is C28H33FN4O3. The number of rotatable bonds is 4. The number of aryl methyl sites for hydroxylation is 2. The molecule has 0 bridgehead atoms. The zero-order chi connectivity index (χ0) is 26.0. The summed E-state index contributed by atoms with van der Waals surface area (Å²) in [7, 11) is 0. The van der Waals surface area contributed by atoms with E-state index in [9.17, 15) is 14.0 Å². The van der Waals surface area contributed by atoms with Crippen LogP contribution in [0.1, 0.15) is 66.7 Å². The molecule has 1 aliphatic rings. The fourth-order valence-corrected chi connectivity index (χ4v) is 4.64. The summed E-state index contributed by atoms with van der Waals surface area (Å²) in [6.45, 7) is 10.7. The standard InChI is InChI=1S/C28H33FN4O3/c1-18-7-6-8-19(2)24(18)33-25(20-13-15-32(16-14-20)27(35)36-28(3,4)5)23(17-30-33)26(34)31-22-11-9-21(29)10-12-22/h6-12,17,20H,13-16H2,1-5H3,(H,31,34). The quantitative estimate of drug-likeness (QED) is 0.485. The largest absolute Gasteiger partial charge is 0.444 e. The van der Waals surface area contributed by atoms with Gasteiger partial charge in [0.25, 0.3) is 5.91 Å². The van der Waals surface area contributed by atoms with Crippen LogP contribution in [-0.4, -0.2) is 45.4 Å². The van der Waals surface area contributed by atoms with Crippen LogP contribution in [0.5, 0.6) is 0 Å². The first-order chi connectivity index (χ1) is 17.0. The minimum absolute atomic E-state index is 0.0131. The zero-order valence-corrected chi connectivity index (χ0v) is 21.5. The molecule has 3 aromatic rings. The van der Waals surface area contributed by atoms with Crippen LogP contribution in [-0.2, 0) is 4.74 Å². The van der Waals surface area contributed by atoms with Gasteiger partial charge in [0.2, 0.25) is 0 Å². The third-order valence-electron chi connectivity index (χ3n) is 6.34. The molecule has 2 aromatic carbocycles. The number of benzene rings is 2. The van der Waals surface area contributed by atoms with Gasteiger partial charge in [-0.3, -0.25) is 4.79 Å². The van der Waals surface area contributed by atoms with Gasteiger partial charge in [0, 0.05) is 24.7 Å². The minimum atomic E-state index is -0.555. The predicted octanol–water partition coefficient (Wildman–Crippen LogP) is 6.00. The Hall–Kier alpha value is -3.68. The van der Waals surface area contributed by atoms with Crippen molar-refractivity contribution < 1.29 is 18.7 Å². The van der Waals surface area contributed by atoms with Crippen LogP contribution in [0, 0.1) is 19.7 Å². The van der Waals surface area contributed by atoms with Gasteiger partial charge in [-0.05, 0) is 82.9 Å². The summed E-state index contributed by atoms with van der Waals surface area (Å²) in [6, 6.07) is 11.7. The first kappa shape index (κ1) is 25.4. The van der Waals surface area contributed by atoms with Gasteiger partial charge >= 0.3 is 6.09 Å². The van der Waals surface area contributed by atoms with E-state index in [-0.39, 0.29) is 23.7 Å². The van der Waals surface area contributed by atoms with Crippen molar-refractivity contribution in [1.29, 1.82) is 0 Å². The molecule has 2 heterocycles. The lowest BCUT2D eigenvalue weighted by atomic mass is 9.90. The SMILES string of the molecule is Cc1cccc(C)c1-n1ncc(C(=O)Nc2ccc(F)cc2)c1C1CCN(C(=O)OC(C)(C)C)CC1. The molecule has 1 aliphatic heterocycles. The molecule has 1 saturated heterocycles. The Morgan fingerprint density at radius 3 is 2.22 bits per heavy atom. The number of para-hydroxylation sites is 1. The fraction of sp³-hybridized carbons (Fsp3) is 0.393. The average Bonchev–Trinajstić information content (AvgIpc) is 3.24. The predicted molar refractivity (Wildman–Crippen MR) is 137 cm³/mol. The highest BCUT2D eigenvalue weighted by Gasteiger charge is 2.32. The number of anilines is 1. The second kappa shape index (κ2) is 10.1. The molecule has 0 radical (unpaired) electrons. The molecule has 0 atom stereocenters. The van der Waals surface area contributed by atoms with Gasteiger partial charge in [0.1, 0.15) is 11.4 Å². The van der Waals surface area contributed by atoms with Gasteiger partial charge in [-0.1, -0.05) is 18.2 Å². The highest BCUT2D eigenvalue weighted by molar-refractivity contribution is 6.05. The Morgan fingerprint density at radius 1 is 1.03 bits per heavy atom. The summed E-state index contributed by atoms with van der Waals surface area (Å²) in [4.78, 5) is 27.7. The van der Waals surface area contributed by atoms with Crippen molar-refractivity contribution in [3.05, 3.63) is 76.9 Å². The Balaban J connectivity index is 1.66. The molecule has 36 heavy (non-hydrogen) atoms. The third kappa shape index (κ3) is 5.58. The van der Waals surface area contributed by atoms with Gasteiger partial charge in [0.05, 0.1) is 23.1 Å². The molecular weight excluding hydrogens is 459 g/mol. The number of aromatic nitrogens is 2. The minimum Gasteiger partial charge on any atom is -0.444 e. The average molecular weight is 493 g/mol. The van der Waals surface area contributed by atoms with Crippen LogP contribution >= 0.6 is 0 Å². The second-order valence-corrected chi connectivity index (χ2v) is 10.3. The maximum absolute atomic E-state index is 13.4. The van der Waals surface area contributed by atoms with E-state index in [1.54, 1.807) is 11.1 Å². The van der Waals surface area contributed by atoms with Gasteiger partial charge < -0.3 is 15.0 Å². The van der Waals surface area contributed by atoms with Crippen molar-refractivity contribution >= 4 is 17.7 Å². The molecule has 2 amide bonds. The van der Waals surface area contributed by atoms with E-state index in [1.165, 1.54) is 24.3 Å². The van der Waals surface area contributed by atoms with E-state index in [0.717, 1.165) is 22.5 Å². The van der Waals surface area contributed by atoms with E-state index in [4.69, 9.17) is 4.74 Å². The van der Waals surface area contributed by atoms with E-state index in [2.05, 4.69) is 10.4 Å². The highest BCUT2D eigenvalue weighted by atomic mass is 19.1. The van der Waals surface area contributed by atoms with Crippen LogP contribution < -0.4 is 5.32 Å². The van der Waals surface area contributed by atoms with E-state index in [0.29, 0.717) is 37.2 Å². The van der Waals surface area contributed by atoms with Gasteiger partial charge in [0.15, 0.2) is 0 Å². The molecule has 8 heteroatoms. The lowest BCUT2D eigenvalue weighted by molar-refractivity contribution is 0.0203. The molecule has 7 nitrogen and oxygen atoms in total. The maximum Gasteiger partial charge on any atom is 0.410 e. The van der Waals surface area contributed by atoms with Crippen molar-refractivity contribution in [3.8, 4) is 5.69 Å². The molecule has 1 N–H and O–H groups in total. The number of nitrogens with one attached hydrogen (secondary N) is 1. The number of halogens is 1. The molecule has 190 valence electrons. The lowest BCUT2D eigenvalue weighted by Crippen LogP contribution is -2.41. The Bertz CT molecular complexity index is 1230. The summed E-state index contributed by atoms with van der Waals surface area (Å²) in [5.41, 5.74) is 4.29. The fourth-order valence-electron chi connectivity index (χ4n) is 4.64. The summed E-state index contributed by atoms with van der Waals surface area (Å²) >= 11 is 0. The number of hydrogen-bond acceptors (Lipinski definition) is 4. The molecule has 0 aliphatic carbocycles. The van der Waals surface area contributed by atoms with E-state index >= 15 is 0 Å². The van der Waals surface area contributed by atoms with Gasteiger partial charge in [-0.15, -0.1) is 0 Å². The lowest BCUT2D eigenvalue weighted by Gasteiger charge is -2.34. The van der Waals surface area contributed by atoms with Crippen molar-refractivity contribution in [2.45, 2.75) is 59.0 Å². The summed E-state index contributed by atoms with van der Waals surface area (Å²) in [6.07, 6.45) is 2.62. The number of likely N-dealkylation sites (tertiary alicyclic amines) is 1. The molecule has 1 aromatic heterocycles. The summed E-state index contributed by atoms with van der Waals surface area (Å²) in [5, 5.41) is 7.52. The van der Waals surface area contributed by atoms with Crippen LogP contribution in [0.15, 0.2) is 48.7 Å². The number of piperidine rings is 1. The van der Waals surface area contributed by atoms with Crippen LogP contribution in [0.4, 0.5) is 14.9 Å². The number of carbonyl (C=O) groups excluding carboxylic acids is 2. The Morgan fingerprint density at radius 2 is 1.64 bits per heavy atom. The Labute approximate surface area is 211 Å². The topological polar surface area (TPSA) is 76.5 Å². The first-order valence-corrected chi connectivity index (χ1v) is 12.2. The number of amides is 2. The van der Waals surface area contributed by atoms with E-state index < -0.39 is 5.60 Å². The molecule has 1 fully saturated rings. The first-order valence-electron chi connectivity index (χ1n) is 12.2. The van der Waals surface area contributed by atoms with Crippen LogP contribution in [0.25, 0.3) is 5.69 Å². The van der Waals surface area contributed by atoms with Crippen molar-refractivity contribution in [2.24, 2.45) is 0 Å². The normalized spacial score (nSPS) is 14.6.